The maximum Gasteiger partial charge on any atom is 0.317 e. The third-order valence-corrected chi connectivity index (χ3v) is 5.69. The summed E-state index contributed by atoms with van der Waals surface area (Å²) < 4.78 is 6.08. The van der Waals surface area contributed by atoms with Gasteiger partial charge in [-0.2, -0.15) is 0 Å². The Morgan fingerprint density at radius 3 is 2.39 bits per heavy atom. The van der Waals surface area contributed by atoms with E-state index >= 15 is 0 Å². The van der Waals surface area contributed by atoms with E-state index in [9.17, 15) is 4.79 Å². The van der Waals surface area contributed by atoms with Crippen LogP contribution in [0.4, 0.5) is 4.79 Å². The standard InChI is InChI=1S/C18H33N3O2/c22-18(20-16-4-2-1-3-5-16)21-12-8-15(9-13-21)14-23-17-6-10-19-11-7-17/h15-17,19H,1-14H2,(H,20,22). The van der Waals surface area contributed by atoms with Crippen LogP contribution in [0.5, 0.6) is 0 Å². The SMILES string of the molecule is O=C(NC1CCCCC1)N1CCC(COC2CCNCC2)CC1. The fraction of sp³-hybridized carbons (Fsp3) is 0.944. The first-order chi connectivity index (χ1) is 11.3. The fourth-order valence-electron chi connectivity index (χ4n) is 4.05. The summed E-state index contributed by atoms with van der Waals surface area (Å²) in [5.41, 5.74) is 0. The van der Waals surface area contributed by atoms with Gasteiger partial charge in [-0.1, -0.05) is 19.3 Å². The minimum absolute atomic E-state index is 0.162. The van der Waals surface area contributed by atoms with Crippen LogP contribution in [0.3, 0.4) is 0 Å². The lowest BCUT2D eigenvalue weighted by atomic mass is 9.95. The minimum Gasteiger partial charge on any atom is -0.378 e. The van der Waals surface area contributed by atoms with E-state index in [4.69, 9.17) is 4.74 Å². The molecule has 3 aliphatic rings. The molecule has 2 N–H and O–H groups in total. The van der Waals surface area contributed by atoms with E-state index in [1.165, 1.54) is 19.3 Å². The van der Waals surface area contributed by atoms with Gasteiger partial charge in [-0.05, 0) is 57.5 Å². The average Bonchev–Trinajstić information content (AvgIpc) is 2.62. The van der Waals surface area contributed by atoms with Crippen molar-refractivity contribution in [3.63, 3.8) is 0 Å². The van der Waals surface area contributed by atoms with Crippen molar-refractivity contribution in [1.29, 1.82) is 0 Å². The van der Waals surface area contributed by atoms with Crippen molar-refractivity contribution < 1.29 is 9.53 Å². The van der Waals surface area contributed by atoms with Crippen molar-refractivity contribution in [3.05, 3.63) is 0 Å². The van der Waals surface area contributed by atoms with E-state index in [2.05, 4.69) is 10.6 Å². The second kappa shape index (κ2) is 8.88. The van der Waals surface area contributed by atoms with E-state index < -0.39 is 0 Å². The zero-order valence-corrected chi connectivity index (χ0v) is 14.4. The number of nitrogens with zero attached hydrogens (tertiary/aromatic N) is 1. The van der Waals surface area contributed by atoms with Crippen LogP contribution >= 0.6 is 0 Å². The van der Waals surface area contributed by atoms with Crippen molar-refractivity contribution in [2.75, 3.05) is 32.8 Å². The Bertz CT molecular complexity index is 357. The Labute approximate surface area is 140 Å². The first kappa shape index (κ1) is 17.0. The molecule has 2 heterocycles. The number of hydrogen-bond donors (Lipinski definition) is 2. The summed E-state index contributed by atoms with van der Waals surface area (Å²) in [7, 11) is 0. The van der Waals surface area contributed by atoms with Gasteiger partial charge < -0.3 is 20.3 Å². The molecule has 3 rings (SSSR count). The Hall–Kier alpha value is -0.810. The Kier molecular flexibility index (Phi) is 6.57. The molecular formula is C18H33N3O2. The number of piperidine rings is 2. The van der Waals surface area contributed by atoms with Gasteiger partial charge in [-0.3, -0.25) is 0 Å². The van der Waals surface area contributed by atoms with Gasteiger partial charge in [0, 0.05) is 25.7 Å². The third kappa shape index (κ3) is 5.35. The molecule has 132 valence electrons. The molecule has 0 atom stereocenters. The fourth-order valence-corrected chi connectivity index (χ4v) is 4.05. The van der Waals surface area contributed by atoms with Crippen molar-refractivity contribution in [1.82, 2.24) is 15.5 Å². The number of carbonyl (C=O) groups excluding carboxylic acids is 1. The molecule has 1 saturated carbocycles. The number of urea groups is 1. The molecule has 2 saturated heterocycles. The molecule has 0 bridgehead atoms. The van der Waals surface area contributed by atoms with Crippen molar-refractivity contribution in [2.24, 2.45) is 5.92 Å². The first-order valence-corrected chi connectivity index (χ1v) is 9.69. The molecule has 23 heavy (non-hydrogen) atoms. The van der Waals surface area contributed by atoms with Crippen LogP contribution < -0.4 is 10.6 Å². The topological polar surface area (TPSA) is 53.6 Å². The van der Waals surface area contributed by atoms with Gasteiger partial charge in [0.15, 0.2) is 0 Å². The quantitative estimate of drug-likeness (QED) is 0.836. The lowest BCUT2D eigenvalue weighted by molar-refractivity contribution is 0.000723. The van der Waals surface area contributed by atoms with E-state index in [1.807, 2.05) is 4.90 Å². The van der Waals surface area contributed by atoms with Crippen LogP contribution in [0.25, 0.3) is 0 Å². The highest BCUT2D eigenvalue weighted by molar-refractivity contribution is 5.74. The van der Waals surface area contributed by atoms with Gasteiger partial charge in [0.1, 0.15) is 0 Å². The zero-order valence-electron chi connectivity index (χ0n) is 14.4. The number of carbonyl (C=O) groups is 1. The second-order valence-corrected chi connectivity index (χ2v) is 7.50. The van der Waals surface area contributed by atoms with Crippen LogP contribution in [0.2, 0.25) is 0 Å². The summed E-state index contributed by atoms with van der Waals surface area (Å²) in [6.07, 6.45) is 11.1. The lowest BCUT2D eigenvalue weighted by Crippen LogP contribution is -2.48. The smallest absolute Gasteiger partial charge is 0.317 e. The molecule has 0 unspecified atom stereocenters. The van der Waals surface area contributed by atoms with Gasteiger partial charge in [-0.25, -0.2) is 4.79 Å². The minimum atomic E-state index is 0.162. The highest BCUT2D eigenvalue weighted by atomic mass is 16.5. The Morgan fingerprint density at radius 1 is 1.00 bits per heavy atom. The van der Waals surface area contributed by atoms with Crippen LogP contribution in [-0.4, -0.2) is 55.9 Å². The highest BCUT2D eigenvalue weighted by Gasteiger charge is 2.25. The Morgan fingerprint density at radius 2 is 1.70 bits per heavy atom. The van der Waals surface area contributed by atoms with E-state index in [0.29, 0.717) is 18.1 Å². The second-order valence-electron chi connectivity index (χ2n) is 7.50. The molecule has 0 aromatic heterocycles. The number of rotatable bonds is 4. The van der Waals surface area contributed by atoms with Gasteiger partial charge in [0.2, 0.25) is 0 Å². The van der Waals surface area contributed by atoms with Gasteiger partial charge in [0.05, 0.1) is 6.10 Å². The molecule has 0 aromatic rings. The maximum atomic E-state index is 12.4. The van der Waals surface area contributed by atoms with Gasteiger partial charge >= 0.3 is 6.03 Å². The zero-order chi connectivity index (χ0) is 15.9. The largest absolute Gasteiger partial charge is 0.378 e. The summed E-state index contributed by atoms with van der Waals surface area (Å²) in [4.78, 5) is 14.4. The molecule has 5 nitrogen and oxygen atoms in total. The number of hydrogen-bond acceptors (Lipinski definition) is 3. The van der Waals surface area contributed by atoms with Crippen molar-refractivity contribution >= 4 is 6.03 Å². The van der Waals surface area contributed by atoms with Crippen LogP contribution in [0.1, 0.15) is 57.8 Å². The van der Waals surface area contributed by atoms with E-state index in [1.54, 1.807) is 0 Å². The number of amides is 2. The first-order valence-electron chi connectivity index (χ1n) is 9.69. The predicted molar refractivity (Wildman–Crippen MR) is 91.5 cm³/mol. The molecule has 2 aliphatic heterocycles. The summed E-state index contributed by atoms with van der Waals surface area (Å²) in [5.74, 6) is 0.628. The van der Waals surface area contributed by atoms with Crippen LogP contribution in [-0.2, 0) is 4.74 Å². The molecule has 0 radical (unpaired) electrons. The highest BCUT2D eigenvalue weighted by Crippen LogP contribution is 2.21. The molecule has 5 heteroatoms. The average molecular weight is 323 g/mol. The van der Waals surface area contributed by atoms with Crippen LogP contribution in [0, 0.1) is 5.92 Å². The molecule has 0 aromatic carbocycles. The van der Waals surface area contributed by atoms with E-state index in [0.717, 1.165) is 71.3 Å². The summed E-state index contributed by atoms with van der Waals surface area (Å²) in [6.45, 7) is 4.83. The van der Waals surface area contributed by atoms with E-state index in [-0.39, 0.29) is 6.03 Å². The van der Waals surface area contributed by atoms with Crippen molar-refractivity contribution in [3.8, 4) is 0 Å². The predicted octanol–water partition coefficient (Wildman–Crippen LogP) is 2.51. The lowest BCUT2D eigenvalue weighted by Gasteiger charge is -2.34. The van der Waals surface area contributed by atoms with Crippen LogP contribution in [0.15, 0.2) is 0 Å². The molecule has 0 spiro atoms. The summed E-state index contributed by atoms with van der Waals surface area (Å²) >= 11 is 0. The monoisotopic (exact) mass is 323 g/mol. The normalized spacial score (nSPS) is 25.5. The molecule has 1 aliphatic carbocycles. The number of ether oxygens (including phenoxy) is 1. The van der Waals surface area contributed by atoms with Gasteiger partial charge in [-0.15, -0.1) is 0 Å². The molecule has 2 amide bonds. The maximum absolute atomic E-state index is 12.4. The molecular weight excluding hydrogens is 290 g/mol. The number of likely N-dealkylation sites (tertiary alicyclic amines) is 1. The van der Waals surface area contributed by atoms with Crippen molar-refractivity contribution in [2.45, 2.75) is 69.9 Å². The molecule has 3 fully saturated rings. The number of nitrogens with one attached hydrogen (secondary N) is 2. The summed E-state index contributed by atoms with van der Waals surface area (Å²) in [5, 5.41) is 6.61. The van der Waals surface area contributed by atoms with Gasteiger partial charge in [0.25, 0.3) is 0 Å². The Balaban J connectivity index is 1.32. The third-order valence-electron chi connectivity index (χ3n) is 5.69. The summed E-state index contributed by atoms with van der Waals surface area (Å²) in [6, 6.07) is 0.576.